The Labute approximate surface area is 117 Å². The van der Waals surface area contributed by atoms with Crippen LogP contribution >= 0.6 is 0 Å². The van der Waals surface area contributed by atoms with Crippen molar-refractivity contribution in [3.8, 4) is 0 Å². The van der Waals surface area contributed by atoms with Crippen LogP contribution in [0.1, 0.15) is 46.0 Å². The standard InChI is InChI=1S/C13H27N3O2S/c1-3-14-10-12-6-4-5-9-16(12)19(17,18)15-11-13(2)7-8-13/h12,14-15H,3-11H2,1-2H3. The molecule has 1 saturated carbocycles. The van der Waals surface area contributed by atoms with Crippen LogP contribution in [-0.4, -0.2) is 44.9 Å². The highest BCUT2D eigenvalue weighted by molar-refractivity contribution is 7.87. The van der Waals surface area contributed by atoms with Gasteiger partial charge in [0.1, 0.15) is 0 Å². The van der Waals surface area contributed by atoms with Crippen LogP contribution in [0.3, 0.4) is 0 Å². The third-order valence-electron chi connectivity index (χ3n) is 4.30. The van der Waals surface area contributed by atoms with Gasteiger partial charge in [-0.05, 0) is 37.6 Å². The van der Waals surface area contributed by atoms with Crippen molar-refractivity contribution in [2.24, 2.45) is 5.41 Å². The fourth-order valence-corrected chi connectivity index (χ4v) is 4.18. The second kappa shape index (κ2) is 6.08. The van der Waals surface area contributed by atoms with Crippen LogP contribution in [0, 0.1) is 5.41 Å². The minimum absolute atomic E-state index is 0.109. The summed E-state index contributed by atoms with van der Waals surface area (Å²) in [7, 11) is -3.31. The molecule has 1 atom stereocenters. The summed E-state index contributed by atoms with van der Waals surface area (Å²) >= 11 is 0. The van der Waals surface area contributed by atoms with E-state index in [1.165, 1.54) is 0 Å². The van der Waals surface area contributed by atoms with Gasteiger partial charge in [-0.3, -0.25) is 0 Å². The zero-order valence-corrected chi connectivity index (χ0v) is 12.9. The van der Waals surface area contributed by atoms with Crippen molar-refractivity contribution in [1.29, 1.82) is 0 Å². The zero-order chi connectivity index (χ0) is 13.9. The Morgan fingerprint density at radius 2 is 2.05 bits per heavy atom. The normalized spacial score (nSPS) is 27.4. The van der Waals surface area contributed by atoms with Crippen LogP contribution in [-0.2, 0) is 10.2 Å². The summed E-state index contributed by atoms with van der Waals surface area (Å²) in [5, 5.41) is 3.27. The van der Waals surface area contributed by atoms with Crippen molar-refractivity contribution in [3.63, 3.8) is 0 Å². The molecule has 0 radical (unpaired) electrons. The molecule has 2 N–H and O–H groups in total. The Morgan fingerprint density at radius 1 is 1.32 bits per heavy atom. The molecule has 0 aromatic carbocycles. The maximum atomic E-state index is 12.4. The largest absolute Gasteiger partial charge is 0.315 e. The summed E-state index contributed by atoms with van der Waals surface area (Å²) in [5.74, 6) is 0. The van der Waals surface area contributed by atoms with Crippen LogP contribution < -0.4 is 10.0 Å². The summed E-state index contributed by atoms with van der Waals surface area (Å²) in [6, 6.07) is 0.109. The summed E-state index contributed by atoms with van der Waals surface area (Å²) in [4.78, 5) is 0. The van der Waals surface area contributed by atoms with E-state index in [-0.39, 0.29) is 11.5 Å². The molecule has 2 rings (SSSR count). The SMILES string of the molecule is CCNCC1CCCCN1S(=O)(=O)NCC1(C)CC1. The Kier molecular flexibility index (Phi) is 4.87. The molecule has 0 amide bonds. The Bertz CT molecular complexity index is 393. The van der Waals surface area contributed by atoms with Crippen molar-refractivity contribution < 1.29 is 8.42 Å². The van der Waals surface area contributed by atoms with Gasteiger partial charge in [0.2, 0.25) is 0 Å². The van der Waals surface area contributed by atoms with Crippen LogP contribution in [0.5, 0.6) is 0 Å². The van der Waals surface area contributed by atoms with Crippen molar-refractivity contribution in [2.75, 3.05) is 26.2 Å². The molecule has 0 spiro atoms. The lowest BCUT2D eigenvalue weighted by Gasteiger charge is -2.35. The van der Waals surface area contributed by atoms with Gasteiger partial charge in [-0.2, -0.15) is 12.7 Å². The van der Waals surface area contributed by atoms with Gasteiger partial charge < -0.3 is 5.32 Å². The van der Waals surface area contributed by atoms with E-state index < -0.39 is 10.2 Å². The molecular weight excluding hydrogens is 262 g/mol. The summed E-state index contributed by atoms with van der Waals surface area (Å²) in [6.45, 7) is 7.07. The first-order chi connectivity index (χ1) is 8.97. The number of hydrogen-bond donors (Lipinski definition) is 2. The Balaban J connectivity index is 1.94. The highest BCUT2D eigenvalue weighted by Gasteiger charge is 2.39. The van der Waals surface area contributed by atoms with Gasteiger partial charge in [0.15, 0.2) is 0 Å². The molecule has 1 aliphatic heterocycles. The maximum Gasteiger partial charge on any atom is 0.279 e. The predicted molar refractivity (Wildman–Crippen MR) is 77.2 cm³/mol. The molecule has 1 saturated heterocycles. The van der Waals surface area contributed by atoms with Gasteiger partial charge >= 0.3 is 0 Å². The Hall–Kier alpha value is -0.170. The Morgan fingerprint density at radius 3 is 2.68 bits per heavy atom. The van der Waals surface area contributed by atoms with E-state index in [1.54, 1.807) is 4.31 Å². The van der Waals surface area contributed by atoms with Crippen LogP contribution in [0.2, 0.25) is 0 Å². The first-order valence-corrected chi connectivity index (χ1v) is 8.88. The molecule has 0 aromatic heterocycles. The summed E-state index contributed by atoms with van der Waals surface area (Å²) in [6.07, 6.45) is 5.33. The first-order valence-electron chi connectivity index (χ1n) is 7.44. The number of nitrogens with one attached hydrogen (secondary N) is 2. The zero-order valence-electron chi connectivity index (χ0n) is 12.1. The third kappa shape index (κ3) is 4.15. The second-order valence-corrected chi connectivity index (χ2v) is 7.91. The fourth-order valence-electron chi connectivity index (χ4n) is 2.54. The topological polar surface area (TPSA) is 61.4 Å². The van der Waals surface area contributed by atoms with Crippen molar-refractivity contribution >= 4 is 10.2 Å². The van der Waals surface area contributed by atoms with E-state index in [0.29, 0.717) is 13.1 Å². The van der Waals surface area contributed by atoms with E-state index in [4.69, 9.17) is 0 Å². The molecule has 19 heavy (non-hydrogen) atoms. The molecule has 2 aliphatic rings. The molecule has 1 aliphatic carbocycles. The lowest BCUT2D eigenvalue weighted by atomic mass is 10.1. The minimum atomic E-state index is -3.31. The van der Waals surface area contributed by atoms with Gasteiger partial charge in [0.25, 0.3) is 10.2 Å². The molecule has 112 valence electrons. The summed E-state index contributed by atoms with van der Waals surface area (Å²) in [5.41, 5.74) is 0.208. The van der Waals surface area contributed by atoms with Gasteiger partial charge in [-0.25, -0.2) is 4.72 Å². The number of likely N-dealkylation sites (N-methyl/N-ethyl adjacent to an activating group) is 1. The van der Waals surface area contributed by atoms with Crippen LogP contribution in [0.4, 0.5) is 0 Å². The first kappa shape index (κ1) is 15.2. The van der Waals surface area contributed by atoms with E-state index in [1.807, 2.05) is 6.92 Å². The average Bonchev–Trinajstić information content (AvgIpc) is 3.13. The molecule has 1 heterocycles. The minimum Gasteiger partial charge on any atom is -0.315 e. The quantitative estimate of drug-likeness (QED) is 0.737. The van der Waals surface area contributed by atoms with Crippen molar-refractivity contribution in [2.45, 2.75) is 52.0 Å². The number of rotatable bonds is 7. The van der Waals surface area contributed by atoms with Gasteiger partial charge in [0, 0.05) is 25.7 Å². The molecule has 1 unspecified atom stereocenters. The second-order valence-electron chi connectivity index (χ2n) is 6.20. The van der Waals surface area contributed by atoms with Crippen molar-refractivity contribution in [3.05, 3.63) is 0 Å². The van der Waals surface area contributed by atoms with Gasteiger partial charge in [-0.15, -0.1) is 0 Å². The summed E-state index contributed by atoms with van der Waals surface area (Å²) < 4.78 is 29.3. The highest BCUT2D eigenvalue weighted by atomic mass is 32.2. The maximum absolute atomic E-state index is 12.4. The smallest absolute Gasteiger partial charge is 0.279 e. The van der Waals surface area contributed by atoms with E-state index >= 15 is 0 Å². The molecular formula is C13H27N3O2S. The monoisotopic (exact) mass is 289 g/mol. The average molecular weight is 289 g/mol. The molecule has 0 bridgehead atoms. The lowest BCUT2D eigenvalue weighted by Crippen LogP contribution is -2.53. The van der Waals surface area contributed by atoms with Crippen molar-refractivity contribution in [1.82, 2.24) is 14.3 Å². The number of nitrogens with zero attached hydrogens (tertiary/aromatic N) is 1. The molecule has 6 heteroatoms. The van der Waals surface area contributed by atoms with Crippen LogP contribution in [0.25, 0.3) is 0 Å². The molecule has 0 aromatic rings. The van der Waals surface area contributed by atoms with E-state index in [9.17, 15) is 8.42 Å². The number of hydrogen-bond acceptors (Lipinski definition) is 3. The predicted octanol–water partition coefficient (Wildman–Crippen LogP) is 1.08. The molecule has 2 fully saturated rings. The molecule has 5 nitrogen and oxygen atoms in total. The van der Waals surface area contributed by atoms with E-state index in [2.05, 4.69) is 17.0 Å². The van der Waals surface area contributed by atoms with E-state index in [0.717, 1.165) is 45.2 Å². The van der Waals surface area contributed by atoms with Gasteiger partial charge in [-0.1, -0.05) is 20.3 Å². The van der Waals surface area contributed by atoms with Gasteiger partial charge in [0.05, 0.1) is 0 Å². The van der Waals surface area contributed by atoms with Crippen LogP contribution in [0.15, 0.2) is 0 Å². The highest BCUT2D eigenvalue weighted by Crippen LogP contribution is 2.44. The lowest BCUT2D eigenvalue weighted by molar-refractivity contribution is 0.243. The number of piperidine rings is 1. The fraction of sp³-hybridized carbons (Fsp3) is 1.00. The third-order valence-corrected chi connectivity index (χ3v) is 5.90.